The fourth-order valence-electron chi connectivity index (χ4n) is 4.59. The first kappa shape index (κ1) is 15.8. The summed E-state index contributed by atoms with van der Waals surface area (Å²) in [5.41, 5.74) is 0. The van der Waals surface area contributed by atoms with Crippen molar-refractivity contribution in [1.29, 1.82) is 0 Å². The van der Waals surface area contributed by atoms with Crippen LogP contribution in [-0.4, -0.2) is 49.3 Å². The maximum absolute atomic E-state index is 6.07. The Labute approximate surface area is 130 Å². The van der Waals surface area contributed by atoms with Crippen molar-refractivity contribution in [1.82, 2.24) is 10.2 Å². The molecule has 0 aromatic rings. The molecule has 21 heavy (non-hydrogen) atoms. The Balaban J connectivity index is 1.37. The molecule has 0 aromatic carbocycles. The second-order valence-electron chi connectivity index (χ2n) is 7.51. The molecule has 0 aromatic heterocycles. The topological polar surface area (TPSA) is 24.5 Å². The molecule has 3 heteroatoms. The predicted molar refractivity (Wildman–Crippen MR) is 87.6 cm³/mol. The zero-order chi connectivity index (χ0) is 14.5. The molecule has 3 fully saturated rings. The summed E-state index contributed by atoms with van der Waals surface area (Å²) >= 11 is 0. The van der Waals surface area contributed by atoms with Gasteiger partial charge in [-0.05, 0) is 44.6 Å². The van der Waals surface area contributed by atoms with Crippen LogP contribution in [0, 0.1) is 5.92 Å². The summed E-state index contributed by atoms with van der Waals surface area (Å²) in [7, 11) is 0. The van der Waals surface area contributed by atoms with E-state index in [1.54, 1.807) is 0 Å². The first-order chi connectivity index (χ1) is 10.3. The van der Waals surface area contributed by atoms with Crippen molar-refractivity contribution in [3.05, 3.63) is 0 Å². The summed E-state index contributed by atoms with van der Waals surface area (Å²) in [6.45, 7) is 6.81. The number of nitrogens with one attached hydrogen (secondary N) is 1. The molecular formula is C18H34N2O. The smallest absolute Gasteiger partial charge is 0.0827 e. The van der Waals surface area contributed by atoms with Crippen LogP contribution in [0.1, 0.15) is 64.7 Å². The van der Waals surface area contributed by atoms with Crippen molar-refractivity contribution in [2.45, 2.75) is 82.9 Å². The first-order valence-electron chi connectivity index (χ1n) is 9.44. The highest BCUT2D eigenvalue weighted by atomic mass is 16.5. The van der Waals surface area contributed by atoms with E-state index in [1.165, 1.54) is 64.3 Å². The first-order valence-corrected chi connectivity index (χ1v) is 9.44. The van der Waals surface area contributed by atoms with Crippen molar-refractivity contribution in [2.24, 2.45) is 5.92 Å². The molecule has 0 amide bonds. The second-order valence-corrected chi connectivity index (χ2v) is 7.51. The van der Waals surface area contributed by atoms with Gasteiger partial charge in [0.25, 0.3) is 0 Å². The molecule has 1 saturated carbocycles. The molecule has 3 nitrogen and oxygen atoms in total. The Kier molecular flexibility index (Phi) is 5.96. The fraction of sp³-hybridized carbons (Fsp3) is 1.00. The van der Waals surface area contributed by atoms with Gasteiger partial charge in [0.2, 0.25) is 0 Å². The highest BCUT2D eigenvalue weighted by Gasteiger charge is 2.32. The third kappa shape index (κ3) is 4.43. The quantitative estimate of drug-likeness (QED) is 0.788. The van der Waals surface area contributed by atoms with Crippen molar-refractivity contribution < 1.29 is 4.74 Å². The van der Waals surface area contributed by atoms with Crippen LogP contribution in [0.25, 0.3) is 0 Å². The zero-order valence-corrected chi connectivity index (χ0v) is 13.9. The van der Waals surface area contributed by atoms with Crippen LogP contribution in [0.5, 0.6) is 0 Å². The van der Waals surface area contributed by atoms with Crippen molar-refractivity contribution in [3.8, 4) is 0 Å². The Morgan fingerprint density at radius 3 is 2.95 bits per heavy atom. The molecule has 0 radical (unpaired) electrons. The lowest BCUT2D eigenvalue weighted by Crippen LogP contribution is -2.50. The Bertz CT molecular complexity index is 310. The molecule has 1 N–H and O–H groups in total. The van der Waals surface area contributed by atoms with Crippen molar-refractivity contribution in [2.75, 3.05) is 26.2 Å². The van der Waals surface area contributed by atoms with Crippen LogP contribution in [0.4, 0.5) is 0 Å². The summed E-state index contributed by atoms with van der Waals surface area (Å²) in [6.07, 6.45) is 13.0. The lowest BCUT2D eigenvalue weighted by molar-refractivity contribution is -0.0480. The van der Waals surface area contributed by atoms with E-state index in [0.29, 0.717) is 6.10 Å². The van der Waals surface area contributed by atoms with Crippen LogP contribution in [0.3, 0.4) is 0 Å². The minimum absolute atomic E-state index is 0.425. The Morgan fingerprint density at radius 1 is 1.10 bits per heavy atom. The fourth-order valence-corrected chi connectivity index (χ4v) is 4.59. The minimum atomic E-state index is 0.425. The van der Waals surface area contributed by atoms with Gasteiger partial charge in [-0.2, -0.15) is 0 Å². The molecule has 4 unspecified atom stereocenters. The predicted octanol–water partition coefficient (Wildman–Crippen LogP) is 3.19. The number of morpholine rings is 1. The van der Waals surface area contributed by atoms with Crippen LogP contribution in [-0.2, 0) is 4.74 Å². The molecular weight excluding hydrogens is 260 g/mol. The van der Waals surface area contributed by atoms with Crippen molar-refractivity contribution in [3.63, 3.8) is 0 Å². The summed E-state index contributed by atoms with van der Waals surface area (Å²) in [6, 6.07) is 1.47. The number of hydrogen-bond acceptors (Lipinski definition) is 3. The highest BCUT2D eigenvalue weighted by Crippen LogP contribution is 2.27. The number of rotatable bonds is 5. The molecule has 0 bridgehead atoms. The Morgan fingerprint density at radius 2 is 2.05 bits per heavy atom. The maximum atomic E-state index is 6.07. The van der Waals surface area contributed by atoms with E-state index in [-0.39, 0.29) is 0 Å². The van der Waals surface area contributed by atoms with Gasteiger partial charge in [-0.3, -0.25) is 4.90 Å². The largest absolute Gasteiger partial charge is 0.374 e. The van der Waals surface area contributed by atoms with Gasteiger partial charge in [-0.25, -0.2) is 0 Å². The Hall–Kier alpha value is -0.120. The zero-order valence-electron chi connectivity index (χ0n) is 13.9. The summed E-state index contributed by atoms with van der Waals surface area (Å²) in [4.78, 5) is 2.65. The summed E-state index contributed by atoms with van der Waals surface area (Å²) in [5, 5.41) is 3.82. The van der Waals surface area contributed by atoms with E-state index in [1.807, 2.05) is 0 Å². The van der Waals surface area contributed by atoms with Gasteiger partial charge in [-0.1, -0.05) is 32.6 Å². The SMILES string of the molecule is CCCC1CCCC(NCC2CN3CCCC3CO2)CC1. The standard InChI is InChI=1S/C18H34N2O/c1-2-5-15-6-3-7-16(10-9-15)19-12-18-13-20-11-4-8-17(20)14-21-18/h15-19H,2-14H2,1H3. The monoisotopic (exact) mass is 294 g/mol. The van der Waals surface area contributed by atoms with Gasteiger partial charge < -0.3 is 10.1 Å². The van der Waals surface area contributed by atoms with E-state index < -0.39 is 0 Å². The van der Waals surface area contributed by atoms with E-state index in [0.717, 1.165) is 37.7 Å². The van der Waals surface area contributed by atoms with Gasteiger partial charge in [0.1, 0.15) is 0 Å². The number of fused-ring (bicyclic) bond motifs is 1. The molecule has 3 aliphatic rings. The van der Waals surface area contributed by atoms with Gasteiger partial charge in [0.05, 0.1) is 12.7 Å². The third-order valence-electron chi connectivity index (χ3n) is 5.88. The lowest BCUT2D eigenvalue weighted by atomic mass is 9.95. The van der Waals surface area contributed by atoms with E-state index in [2.05, 4.69) is 17.1 Å². The summed E-state index contributed by atoms with van der Waals surface area (Å²) in [5.74, 6) is 0.998. The molecule has 4 atom stereocenters. The second kappa shape index (κ2) is 7.94. The van der Waals surface area contributed by atoms with Gasteiger partial charge in [0.15, 0.2) is 0 Å². The van der Waals surface area contributed by atoms with E-state index in [4.69, 9.17) is 4.74 Å². The van der Waals surface area contributed by atoms with Crippen LogP contribution >= 0.6 is 0 Å². The molecule has 0 spiro atoms. The maximum Gasteiger partial charge on any atom is 0.0827 e. The van der Waals surface area contributed by atoms with Crippen molar-refractivity contribution >= 4 is 0 Å². The van der Waals surface area contributed by atoms with Gasteiger partial charge in [-0.15, -0.1) is 0 Å². The molecule has 122 valence electrons. The van der Waals surface area contributed by atoms with E-state index in [9.17, 15) is 0 Å². The van der Waals surface area contributed by atoms with Gasteiger partial charge in [0, 0.05) is 25.2 Å². The molecule has 2 saturated heterocycles. The number of nitrogens with zero attached hydrogens (tertiary/aromatic N) is 1. The number of ether oxygens (including phenoxy) is 1. The average molecular weight is 294 g/mol. The van der Waals surface area contributed by atoms with Crippen LogP contribution in [0.2, 0.25) is 0 Å². The number of hydrogen-bond donors (Lipinski definition) is 1. The van der Waals surface area contributed by atoms with Gasteiger partial charge >= 0.3 is 0 Å². The van der Waals surface area contributed by atoms with E-state index >= 15 is 0 Å². The molecule has 1 aliphatic carbocycles. The summed E-state index contributed by atoms with van der Waals surface area (Å²) < 4.78 is 6.07. The van der Waals surface area contributed by atoms with Crippen LogP contribution < -0.4 is 5.32 Å². The third-order valence-corrected chi connectivity index (χ3v) is 5.88. The molecule has 2 heterocycles. The highest BCUT2D eigenvalue weighted by molar-refractivity contribution is 4.86. The molecule has 3 rings (SSSR count). The molecule has 2 aliphatic heterocycles. The minimum Gasteiger partial charge on any atom is -0.374 e. The lowest BCUT2D eigenvalue weighted by Gasteiger charge is -2.36. The average Bonchev–Trinajstić information content (AvgIpc) is 2.85. The normalized spacial score (nSPS) is 38.1. The van der Waals surface area contributed by atoms with Crippen LogP contribution in [0.15, 0.2) is 0 Å².